The predicted octanol–water partition coefficient (Wildman–Crippen LogP) is 3.03. The van der Waals surface area contributed by atoms with Gasteiger partial charge in [0.25, 0.3) is 0 Å². The van der Waals surface area contributed by atoms with Crippen molar-refractivity contribution >= 4 is 17.3 Å². The molecule has 0 N–H and O–H groups in total. The maximum atomic E-state index is 5.94. The Bertz CT molecular complexity index is 409. The number of halogens is 1. The highest BCUT2D eigenvalue weighted by Gasteiger charge is 2.21. The fraction of sp³-hybridized carbons (Fsp3) is 0.625. The van der Waals surface area contributed by atoms with Crippen LogP contribution in [0.5, 0.6) is 0 Å². The average Bonchev–Trinajstić information content (AvgIpc) is 2.50. The van der Waals surface area contributed by atoms with Crippen molar-refractivity contribution in [1.82, 2.24) is 4.90 Å². The summed E-state index contributed by atoms with van der Waals surface area (Å²) in [7, 11) is 0. The van der Waals surface area contributed by atoms with Gasteiger partial charge in [-0.3, -0.25) is 4.90 Å². The second kappa shape index (κ2) is 6.79. The Morgan fingerprint density at radius 2 is 1.80 bits per heavy atom. The van der Waals surface area contributed by atoms with Crippen LogP contribution in [0.3, 0.4) is 0 Å². The molecule has 0 bridgehead atoms. The fourth-order valence-electron chi connectivity index (χ4n) is 3.08. The number of piperazine rings is 1. The van der Waals surface area contributed by atoms with Crippen molar-refractivity contribution in [2.45, 2.75) is 25.4 Å². The zero-order valence-electron chi connectivity index (χ0n) is 11.9. The highest BCUT2D eigenvalue weighted by Crippen LogP contribution is 2.20. The van der Waals surface area contributed by atoms with Gasteiger partial charge in [0.2, 0.25) is 0 Å². The Balaban J connectivity index is 1.47. The van der Waals surface area contributed by atoms with Gasteiger partial charge in [-0.2, -0.15) is 0 Å². The summed E-state index contributed by atoms with van der Waals surface area (Å²) in [6, 6.07) is 8.17. The lowest BCUT2D eigenvalue weighted by atomic mass is 10.1. The van der Waals surface area contributed by atoms with E-state index in [0.717, 1.165) is 44.4 Å². The number of ether oxygens (including phenoxy) is 1. The number of hydrogen-bond acceptors (Lipinski definition) is 3. The SMILES string of the molecule is Clc1ccc(N2CCN(CC3CCCCO3)CC2)cc1. The van der Waals surface area contributed by atoms with Crippen LogP contribution >= 0.6 is 11.6 Å². The molecule has 110 valence electrons. The first kappa shape index (κ1) is 14.2. The second-order valence-corrected chi connectivity index (χ2v) is 6.19. The van der Waals surface area contributed by atoms with Gasteiger partial charge in [0.05, 0.1) is 6.10 Å². The Labute approximate surface area is 126 Å². The van der Waals surface area contributed by atoms with E-state index in [1.165, 1.54) is 24.9 Å². The van der Waals surface area contributed by atoms with Gasteiger partial charge >= 0.3 is 0 Å². The van der Waals surface area contributed by atoms with Crippen LogP contribution in [-0.4, -0.2) is 50.3 Å². The van der Waals surface area contributed by atoms with E-state index < -0.39 is 0 Å². The first-order chi connectivity index (χ1) is 9.81. The van der Waals surface area contributed by atoms with Crippen molar-refractivity contribution in [3.8, 4) is 0 Å². The van der Waals surface area contributed by atoms with Crippen molar-refractivity contribution in [2.75, 3.05) is 44.2 Å². The third-order valence-electron chi connectivity index (χ3n) is 4.30. The summed E-state index contributed by atoms with van der Waals surface area (Å²) in [6.07, 6.45) is 4.26. The van der Waals surface area contributed by atoms with E-state index in [4.69, 9.17) is 16.3 Å². The molecule has 2 saturated heterocycles. The lowest BCUT2D eigenvalue weighted by Gasteiger charge is -2.38. The van der Waals surface area contributed by atoms with Crippen LogP contribution in [0.4, 0.5) is 5.69 Å². The molecule has 4 heteroatoms. The maximum absolute atomic E-state index is 5.94. The minimum Gasteiger partial charge on any atom is -0.377 e. The molecule has 3 rings (SSSR count). The topological polar surface area (TPSA) is 15.7 Å². The zero-order chi connectivity index (χ0) is 13.8. The largest absolute Gasteiger partial charge is 0.377 e. The van der Waals surface area contributed by atoms with Crippen molar-refractivity contribution in [3.63, 3.8) is 0 Å². The Kier molecular flexibility index (Phi) is 4.81. The fourth-order valence-corrected chi connectivity index (χ4v) is 3.21. The van der Waals surface area contributed by atoms with Crippen molar-refractivity contribution in [2.24, 2.45) is 0 Å². The van der Waals surface area contributed by atoms with E-state index >= 15 is 0 Å². The highest BCUT2D eigenvalue weighted by molar-refractivity contribution is 6.30. The lowest BCUT2D eigenvalue weighted by molar-refractivity contribution is -0.00645. The van der Waals surface area contributed by atoms with E-state index in [2.05, 4.69) is 21.9 Å². The smallest absolute Gasteiger partial charge is 0.0702 e. The van der Waals surface area contributed by atoms with Gasteiger partial charge < -0.3 is 9.64 Å². The predicted molar refractivity (Wildman–Crippen MR) is 83.7 cm³/mol. The molecule has 20 heavy (non-hydrogen) atoms. The van der Waals surface area contributed by atoms with Crippen LogP contribution < -0.4 is 4.90 Å². The van der Waals surface area contributed by atoms with E-state index in [9.17, 15) is 0 Å². The molecule has 0 radical (unpaired) electrons. The van der Waals surface area contributed by atoms with Gasteiger partial charge in [0, 0.05) is 50.0 Å². The average molecular weight is 295 g/mol. The highest BCUT2D eigenvalue weighted by atomic mass is 35.5. The molecule has 1 unspecified atom stereocenters. The van der Waals surface area contributed by atoms with Gasteiger partial charge in [0.15, 0.2) is 0 Å². The molecular formula is C16H23ClN2O. The summed E-state index contributed by atoms with van der Waals surface area (Å²) in [6.45, 7) is 6.50. The molecule has 0 amide bonds. The third-order valence-corrected chi connectivity index (χ3v) is 4.55. The Morgan fingerprint density at radius 3 is 2.45 bits per heavy atom. The summed E-state index contributed by atoms with van der Waals surface area (Å²) >= 11 is 5.94. The van der Waals surface area contributed by atoms with Gasteiger partial charge in [-0.1, -0.05) is 11.6 Å². The molecule has 0 saturated carbocycles. The second-order valence-electron chi connectivity index (χ2n) is 5.75. The quantitative estimate of drug-likeness (QED) is 0.852. The maximum Gasteiger partial charge on any atom is 0.0702 e. The first-order valence-electron chi connectivity index (χ1n) is 7.66. The first-order valence-corrected chi connectivity index (χ1v) is 8.03. The monoisotopic (exact) mass is 294 g/mol. The van der Waals surface area contributed by atoms with Gasteiger partial charge in [0.1, 0.15) is 0 Å². The molecular weight excluding hydrogens is 272 g/mol. The summed E-state index contributed by atoms with van der Waals surface area (Å²) in [5.41, 5.74) is 1.28. The van der Waals surface area contributed by atoms with Gasteiger partial charge in [-0.25, -0.2) is 0 Å². The molecule has 2 heterocycles. The van der Waals surface area contributed by atoms with E-state index in [0.29, 0.717) is 6.10 Å². The number of rotatable bonds is 3. The van der Waals surface area contributed by atoms with Crippen molar-refractivity contribution < 1.29 is 4.74 Å². The van der Waals surface area contributed by atoms with E-state index in [-0.39, 0.29) is 0 Å². The third kappa shape index (κ3) is 3.66. The Hall–Kier alpha value is -0.770. The van der Waals surface area contributed by atoms with Crippen LogP contribution in [0.25, 0.3) is 0 Å². The van der Waals surface area contributed by atoms with E-state index in [1.807, 2.05) is 12.1 Å². The minimum atomic E-state index is 0.464. The van der Waals surface area contributed by atoms with E-state index in [1.54, 1.807) is 0 Å². The molecule has 2 aliphatic heterocycles. The molecule has 1 atom stereocenters. The van der Waals surface area contributed by atoms with Crippen LogP contribution in [0.1, 0.15) is 19.3 Å². The number of anilines is 1. The van der Waals surface area contributed by atoms with Crippen LogP contribution in [0, 0.1) is 0 Å². The Morgan fingerprint density at radius 1 is 1.05 bits per heavy atom. The summed E-state index contributed by atoms with van der Waals surface area (Å²) in [4.78, 5) is 4.98. The molecule has 0 aliphatic carbocycles. The van der Waals surface area contributed by atoms with Crippen LogP contribution in [0.15, 0.2) is 24.3 Å². The van der Waals surface area contributed by atoms with Gasteiger partial charge in [-0.05, 0) is 43.5 Å². The number of benzene rings is 1. The van der Waals surface area contributed by atoms with Crippen molar-refractivity contribution in [1.29, 1.82) is 0 Å². The van der Waals surface area contributed by atoms with Crippen LogP contribution in [-0.2, 0) is 4.74 Å². The minimum absolute atomic E-state index is 0.464. The number of hydrogen-bond donors (Lipinski definition) is 0. The van der Waals surface area contributed by atoms with Gasteiger partial charge in [-0.15, -0.1) is 0 Å². The van der Waals surface area contributed by atoms with Crippen LogP contribution in [0.2, 0.25) is 5.02 Å². The summed E-state index contributed by atoms with van der Waals surface area (Å²) in [5.74, 6) is 0. The number of nitrogens with zero attached hydrogens (tertiary/aromatic N) is 2. The molecule has 0 aromatic heterocycles. The molecule has 2 aliphatic rings. The normalized spacial score (nSPS) is 24.9. The molecule has 3 nitrogen and oxygen atoms in total. The molecule has 2 fully saturated rings. The summed E-state index contributed by atoms with van der Waals surface area (Å²) in [5, 5.41) is 0.807. The molecule has 0 spiro atoms. The summed E-state index contributed by atoms with van der Waals surface area (Å²) < 4.78 is 5.84. The molecule has 1 aromatic rings. The zero-order valence-corrected chi connectivity index (χ0v) is 12.7. The lowest BCUT2D eigenvalue weighted by Crippen LogP contribution is -2.49. The van der Waals surface area contributed by atoms with Crippen molar-refractivity contribution in [3.05, 3.63) is 29.3 Å². The standard InChI is InChI=1S/C16H23ClN2O/c17-14-4-6-15(7-5-14)19-10-8-18(9-11-19)13-16-3-1-2-12-20-16/h4-7,16H,1-3,8-13H2. The molecule has 1 aromatic carbocycles.